The Balaban J connectivity index is 2.21. The maximum Gasteiger partial charge on any atom is 0.316 e. The summed E-state index contributed by atoms with van der Waals surface area (Å²) in [6.45, 7) is 1.35. The lowest BCUT2D eigenvalue weighted by Gasteiger charge is -2.17. The van der Waals surface area contributed by atoms with Gasteiger partial charge in [-0.2, -0.15) is 0 Å². The molecule has 0 unspecified atom stereocenters. The summed E-state index contributed by atoms with van der Waals surface area (Å²) in [5.74, 6) is -1.02. The normalized spacial score (nSPS) is 10.3. The van der Waals surface area contributed by atoms with Crippen LogP contribution in [0, 0.1) is 0 Å². The van der Waals surface area contributed by atoms with Crippen LogP contribution in [0.4, 0.5) is 16.2 Å². The Morgan fingerprint density at radius 3 is 1.93 bits per heavy atom. The largest absolute Gasteiger partial charge is 0.366 e. The van der Waals surface area contributed by atoms with Gasteiger partial charge in [-0.05, 0) is 53.1 Å². The molecule has 7 nitrogen and oxygen atoms in total. The van der Waals surface area contributed by atoms with Gasteiger partial charge < -0.3 is 22.1 Å². The molecule has 0 aliphatic carbocycles. The molecule has 0 bridgehead atoms. The van der Waals surface area contributed by atoms with Gasteiger partial charge in [0.2, 0.25) is 5.91 Å². The van der Waals surface area contributed by atoms with E-state index in [1.165, 1.54) is 6.92 Å². The van der Waals surface area contributed by atoms with Crippen molar-refractivity contribution in [3.63, 3.8) is 0 Å². The number of urea groups is 1. The lowest BCUT2D eigenvalue weighted by atomic mass is 9.93. The van der Waals surface area contributed by atoms with Crippen molar-refractivity contribution in [3.05, 3.63) is 71.2 Å². The summed E-state index contributed by atoms with van der Waals surface area (Å²) in [7, 11) is 0. The van der Waals surface area contributed by atoms with Crippen LogP contribution in [0.15, 0.2) is 60.7 Å². The highest BCUT2D eigenvalue weighted by Crippen LogP contribution is 2.37. The van der Waals surface area contributed by atoms with Gasteiger partial charge in [-0.1, -0.05) is 35.9 Å². The predicted molar refractivity (Wildman–Crippen MR) is 118 cm³/mol. The highest BCUT2D eigenvalue weighted by Gasteiger charge is 2.18. The van der Waals surface area contributed by atoms with E-state index in [2.05, 4.69) is 10.6 Å². The standard InChI is InChI=1S/C22H19ClN4O3/c1-12(28)26-20-18(14-4-8-17(9-5-14)27-22(25)30)10-15(11-19(20)21(24)29)13-2-6-16(23)7-3-13/h2-11H,1H3,(H2,24,29)(H,26,28)(H3,25,27,30). The minimum atomic E-state index is -0.678. The second-order valence-electron chi connectivity index (χ2n) is 6.57. The van der Waals surface area contributed by atoms with Gasteiger partial charge in [-0.15, -0.1) is 0 Å². The van der Waals surface area contributed by atoms with Crippen LogP contribution in [0.3, 0.4) is 0 Å². The minimum Gasteiger partial charge on any atom is -0.366 e. The van der Waals surface area contributed by atoms with E-state index in [-0.39, 0.29) is 11.5 Å². The SMILES string of the molecule is CC(=O)Nc1c(C(N)=O)cc(-c2ccc(Cl)cc2)cc1-c1ccc(NC(N)=O)cc1. The number of nitrogens with one attached hydrogen (secondary N) is 2. The number of amides is 4. The van der Waals surface area contributed by atoms with Gasteiger partial charge in [0.25, 0.3) is 5.91 Å². The summed E-state index contributed by atoms with van der Waals surface area (Å²) in [6.07, 6.45) is 0. The first-order chi connectivity index (χ1) is 14.2. The molecular formula is C22H19ClN4O3. The molecule has 0 saturated carbocycles. The summed E-state index contributed by atoms with van der Waals surface area (Å²) >= 11 is 5.98. The monoisotopic (exact) mass is 422 g/mol. The van der Waals surface area contributed by atoms with E-state index in [0.29, 0.717) is 27.5 Å². The van der Waals surface area contributed by atoms with Crippen LogP contribution in [0.5, 0.6) is 0 Å². The molecular weight excluding hydrogens is 404 g/mol. The molecule has 3 aromatic carbocycles. The molecule has 30 heavy (non-hydrogen) atoms. The maximum atomic E-state index is 12.2. The van der Waals surface area contributed by atoms with Crippen molar-refractivity contribution in [2.75, 3.05) is 10.6 Å². The zero-order valence-electron chi connectivity index (χ0n) is 16.0. The molecule has 6 N–H and O–H groups in total. The Bertz CT molecular complexity index is 1130. The molecule has 0 aliphatic rings. The lowest BCUT2D eigenvalue weighted by Crippen LogP contribution is -2.19. The van der Waals surface area contributed by atoms with Gasteiger partial charge in [0.15, 0.2) is 0 Å². The zero-order valence-corrected chi connectivity index (χ0v) is 16.8. The maximum absolute atomic E-state index is 12.2. The Morgan fingerprint density at radius 1 is 0.800 bits per heavy atom. The van der Waals surface area contributed by atoms with Gasteiger partial charge in [0.05, 0.1) is 11.3 Å². The predicted octanol–water partition coefficient (Wildman–Crippen LogP) is 4.22. The van der Waals surface area contributed by atoms with Gasteiger partial charge >= 0.3 is 6.03 Å². The van der Waals surface area contributed by atoms with Crippen LogP contribution >= 0.6 is 11.6 Å². The summed E-state index contributed by atoms with van der Waals surface area (Å²) < 4.78 is 0. The molecule has 3 aromatic rings. The smallest absolute Gasteiger partial charge is 0.316 e. The first-order valence-corrected chi connectivity index (χ1v) is 9.30. The zero-order chi connectivity index (χ0) is 21.8. The van der Waals surface area contributed by atoms with Crippen LogP contribution < -0.4 is 22.1 Å². The Kier molecular flexibility index (Phi) is 6.03. The number of benzene rings is 3. The van der Waals surface area contributed by atoms with Gasteiger partial charge in [-0.3, -0.25) is 9.59 Å². The first-order valence-electron chi connectivity index (χ1n) is 8.93. The van der Waals surface area contributed by atoms with Crippen molar-refractivity contribution < 1.29 is 14.4 Å². The fourth-order valence-corrected chi connectivity index (χ4v) is 3.19. The molecule has 0 atom stereocenters. The van der Waals surface area contributed by atoms with Crippen LogP contribution in [0.2, 0.25) is 5.02 Å². The van der Waals surface area contributed by atoms with E-state index in [4.69, 9.17) is 23.1 Å². The highest BCUT2D eigenvalue weighted by atomic mass is 35.5. The van der Waals surface area contributed by atoms with Crippen LogP contribution in [-0.4, -0.2) is 17.8 Å². The number of carbonyl (C=O) groups is 3. The number of halogens is 1. The van der Waals surface area contributed by atoms with E-state index in [0.717, 1.165) is 11.1 Å². The van der Waals surface area contributed by atoms with Gasteiger partial charge in [0, 0.05) is 23.2 Å². The Labute approximate surface area is 178 Å². The average Bonchev–Trinajstić information content (AvgIpc) is 2.68. The molecule has 0 saturated heterocycles. The number of anilines is 2. The lowest BCUT2D eigenvalue weighted by molar-refractivity contribution is -0.114. The molecule has 0 radical (unpaired) electrons. The average molecular weight is 423 g/mol. The van der Waals surface area contributed by atoms with Gasteiger partial charge in [0.1, 0.15) is 0 Å². The van der Waals surface area contributed by atoms with E-state index < -0.39 is 11.9 Å². The molecule has 0 fully saturated rings. The van der Waals surface area contributed by atoms with E-state index in [9.17, 15) is 14.4 Å². The number of hydrogen-bond acceptors (Lipinski definition) is 3. The van der Waals surface area contributed by atoms with Crippen molar-refractivity contribution in [2.24, 2.45) is 11.5 Å². The number of nitrogens with two attached hydrogens (primary N) is 2. The number of rotatable bonds is 5. The molecule has 8 heteroatoms. The summed E-state index contributed by atoms with van der Waals surface area (Å²) in [5.41, 5.74) is 14.6. The fourth-order valence-electron chi connectivity index (χ4n) is 3.06. The Hall–Kier alpha value is -3.84. The molecule has 0 aromatic heterocycles. The summed E-state index contributed by atoms with van der Waals surface area (Å²) in [4.78, 5) is 35.0. The molecule has 152 valence electrons. The Morgan fingerprint density at radius 2 is 1.40 bits per heavy atom. The third-order valence-corrected chi connectivity index (χ3v) is 4.60. The van der Waals surface area contributed by atoms with Crippen molar-refractivity contribution in [1.29, 1.82) is 0 Å². The van der Waals surface area contributed by atoms with E-state index in [1.54, 1.807) is 42.5 Å². The summed E-state index contributed by atoms with van der Waals surface area (Å²) in [5, 5.41) is 5.78. The second kappa shape index (κ2) is 8.67. The first kappa shape index (κ1) is 20.9. The van der Waals surface area contributed by atoms with Crippen molar-refractivity contribution in [2.45, 2.75) is 6.92 Å². The third kappa shape index (κ3) is 4.76. The number of primary amides is 2. The van der Waals surface area contributed by atoms with E-state index >= 15 is 0 Å². The number of carbonyl (C=O) groups excluding carboxylic acids is 3. The quantitative estimate of drug-likeness (QED) is 0.491. The van der Waals surface area contributed by atoms with E-state index in [1.807, 2.05) is 18.2 Å². The topological polar surface area (TPSA) is 127 Å². The molecule has 0 aliphatic heterocycles. The van der Waals surface area contributed by atoms with Crippen LogP contribution in [-0.2, 0) is 4.79 Å². The van der Waals surface area contributed by atoms with Crippen molar-refractivity contribution in [3.8, 4) is 22.3 Å². The molecule has 0 heterocycles. The minimum absolute atomic E-state index is 0.173. The number of hydrogen-bond donors (Lipinski definition) is 4. The molecule has 4 amide bonds. The van der Waals surface area contributed by atoms with Crippen LogP contribution in [0.1, 0.15) is 17.3 Å². The van der Waals surface area contributed by atoms with Gasteiger partial charge in [-0.25, -0.2) is 4.79 Å². The van der Waals surface area contributed by atoms with Crippen LogP contribution in [0.25, 0.3) is 22.3 Å². The summed E-state index contributed by atoms with van der Waals surface area (Å²) in [6, 6.07) is 16.7. The van der Waals surface area contributed by atoms with Crippen molar-refractivity contribution >= 4 is 40.8 Å². The highest BCUT2D eigenvalue weighted by molar-refractivity contribution is 6.30. The second-order valence-corrected chi connectivity index (χ2v) is 7.00. The molecule has 3 rings (SSSR count). The fraction of sp³-hybridized carbons (Fsp3) is 0.0455. The molecule has 0 spiro atoms. The third-order valence-electron chi connectivity index (χ3n) is 4.35. The van der Waals surface area contributed by atoms with Crippen molar-refractivity contribution in [1.82, 2.24) is 0 Å².